The zero-order chi connectivity index (χ0) is 15.0. The number of aryl methyl sites for hydroxylation is 1. The van der Waals surface area contributed by atoms with Gasteiger partial charge < -0.3 is 5.32 Å². The van der Waals surface area contributed by atoms with Gasteiger partial charge in [-0.3, -0.25) is 9.69 Å². The normalized spacial score (nSPS) is 18.2. The van der Waals surface area contributed by atoms with Gasteiger partial charge in [0.05, 0.1) is 17.2 Å². The maximum Gasteiger partial charge on any atom is 0.251 e. The molecule has 1 atom stereocenters. The predicted molar refractivity (Wildman–Crippen MR) is 88.0 cm³/mol. The molecule has 3 rings (SSSR count). The van der Waals surface area contributed by atoms with E-state index in [-0.39, 0.29) is 11.9 Å². The van der Waals surface area contributed by atoms with Crippen molar-refractivity contribution in [2.45, 2.75) is 26.4 Å². The van der Waals surface area contributed by atoms with E-state index in [1.54, 1.807) is 16.2 Å². The van der Waals surface area contributed by atoms with Crippen LogP contribution in [0.15, 0.2) is 29.6 Å². The SMILES string of the molecule is Cc1nc(-c2ccc(CN3C(=O)[C@H](C)NC3=S)cc2)cs1. The first-order valence-corrected chi connectivity index (χ1v) is 7.96. The molecule has 1 fully saturated rings. The van der Waals surface area contributed by atoms with Gasteiger partial charge in [0.2, 0.25) is 0 Å². The molecule has 1 amide bonds. The molecule has 6 heteroatoms. The lowest BCUT2D eigenvalue weighted by molar-refractivity contribution is -0.127. The first-order valence-electron chi connectivity index (χ1n) is 6.68. The lowest BCUT2D eigenvalue weighted by atomic mass is 10.1. The fourth-order valence-corrected chi connectivity index (χ4v) is 3.22. The van der Waals surface area contributed by atoms with Crippen LogP contribution in [-0.2, 0) is 11.3 Å². The Labute approximate surface area is 132 Å². The van der Waals surface area contributed by atoms with Crippen LogP contribution in [0.4, 0.5) is 0 Å². The van der Waals surface area contributed by atoms with E-state index in [1.165, 1.54) is 0 Å². The average Bonchev–Trinajstić information content (AvgIpc) is 2.99. The summed E-state index contributed by atoms with van der Waals surface area (Å²) in [4.78, 5) is 18.1. The molecule has 1 N–H and O–H groups in total. The third-order valence-corrected chi connectivity index (χ3v) is 4.54. The van der Waals surface area contributed by atoms with Gasteiger partial charge in [0, 0.05) is 10.9 Å². The molecular weight excluding hydrogens is 302 g/mol. The number of carbonyl (C=O) groups is 1. The van der Waals surface area contributed by atoms with Crippen LogP contribution in [0, 0.1) is 6.92 Å². The standard InChI is InChI=1S/C15H15N3OS2/c1-9-14(19)18(15(20)16-9)7-11-3-5-12(6-4-11)13-8-21-10(2)17-13/h3-6,8-9H,7H2,1-2H3,(H,16,20)/t9-/m0/s1. The third-order valence-electron chi connectivity index (χ3n) is 3.43. The van der Waals surface area contributed by atoms with Gasteiger partial charge in [0.15, 0.2) is 5.11 Å². The summed E-state index contributed by atoms with van der Waals surface area (Å²) < 4.78 is 0. The van der Waals surface area contributed by atoms with E-state index in [0.29, 0.717) is 11.7 Å². The van der Waals surface area contributed by atoms with Crippen molar-refractivity contribution in [1.29, 1.82) is 0 Å². The highest BCUT2D eigenvalue weighted by Gasteiger charge is 2.31. The highest BCUT2D eigenvalue weighted by molar-refractivity contribution is 7.80. The predicted octanol–water partition coefficient (Wildman–Crippen LogP) is 2.72. The average molecular weight is 317 g/mol. The molecule has 2 aromatic rings. The van der Waals surface area contributed by atoms with Crippen LogP contribution in [-0.4, -0.2) is 26.9 Å². The first-order chi connectivity index (χ1) is 10.0. The zero-order valence-electron chi connectivity index (χ0n) is 11.8. The number of aromatic nitrogens is 1. The highest BCUT2D eigenvalue weighted by atomic mass is 32.1. The molecule has 0 radical (unpaired) electrons. The molecule has 0 aliphatic carbocycles. The van der Waals surface area contributed by atoms with E-state index in [9.17, 15) is 4.79 Å². The molecule has 1 saturated heterocycles. The second-order valence-electron chi connectivity index (χ2n) is 5.04. The monoisotopic (exact) mass is 317 g/mol. The molecule has 108 valence electrons. The zero-order valence-corrected chi connectivity index (χ0v) is 13.4. The number of thiazole rings is 1. The van der Waals surface area contributed by atoms with Gasteiger partial charge >= 0.3 is 0 Å². The Hall–Kier alpha value is -1.79. The van der Waals surface area contributed by atoms with Crippen molar-refractivity contribution in [2.75, 3.05) is 0 Å². The lowest BCUT2D eigenvalue weighted by Crippen LogP contribution is -2.30. The summed E-state index contributed by atoms with van der Waals surface area (Å²) in [5.41, 5.74) is 3.13. The maximum atomic E-state index is 12.0. The number of hydrogen-bond acceptors (Lipinski definition) is 4. The lowest BCUT2D eigenvalue weighted by Gasteiger charge is -2.14. The van der Waals surface area contributed by atoms with Crippen LogP contribution in [0.1, 0.15) is 17.5 Å². The number of amides is 1. The molecule has 0 saturated carbocycles. The number of carbonyl (C=O) groups excluding carboxylic acids is 1. The number of nitrogens with zero attached hydrogens (tertiary/aromatic N) is 2. The fourth-order valence-electron chi connectivity index (χ4n) is 2.27. The molecule has 1 aliphatic heterocycles. The van der Waals surface area contributed by atoms with Gasteiger partial charge in [-0.2, -0.15) is 0 Å². The third kappa shape index (κ3) is 2.82. The molecule has 0 bridgehead atoms. The molecule has 1 aromatic carbocycles. The summed E-state index contributed by atoms with van der Waals surface area (Å²) in [6, 6.07) is 7.87. The molecule has 2 heterocycles. The second kappa shape index (κ2) is 5.54. The van der Waals surface area contributed by atoms with Gasteiger partial charge in [0.1, 0.15) is 6.04 Å². The largest absolute Gasteiger partial charge is 0.351 e. The van der Waals surface area contributed by atoms with Crippen molar-refractivity contribution in [2.24, 2.45) is 0 Å². The summed E-state index contributed by atoms with van der Waals surface area (Å²) in [6.07, 6.45) is 0. The molecule has 21 heavy (non-hydrogen) atoms. The molecule has 0 unspecified atom stereocenters. The first kappa shape index (κ1) is 14.2. The van der Waals surface area contributed by atoms with E-state index in [0.717, 1.165) is 21.8 Å². The Kier molecular flexibility index (Phi) is 3.73. The number of nitrogens with one attached hydrogen (secondary N) is 1. The minimum Gasteiger partial charge on any atom is -0.351 e. The minimum absolute atomic E-state index is 0.0270. The van der Waals surface area contributed by atoms with Crippen molar-refractivity contribution in [1.82, 2.24) is 15.2 Å². The van der Waals surface area contributed by atoms with Crippen LogP contribution in [0.3, 0.4) is 0 Å². The number of benzene rings is 1. The number of thiocarbonyl (C=S) groups is 1. The molecular formula is C15H15N3OS2. The van der Waals surface area contributed by atoms with Crippen LogP contribution >= 0.6 is 23.6 Å². The van der Waals surface area contributed by atoms with Crippen molar-refractivity contribution in [3.63, 3.8) is 0 Å². The molecule has 1 aromatic heterocycles. The maximum absolute atomic E-state index is 12.0. The summed E-state index contributed by atoms with van der Waals surface area (Å²) in [6.45, 7) is 4.32. The van der Waals surface area contributed by atoms with E-state index in [2.05, 4.69) is 15.7 Å². The van der Waals surface area contributed by atoms with Crippen molar-refractivity contribution < 1.29 is 4.79 Å². The molecule has 1 aliphatic rings. The van der Waals surface area contributed by atoms with E-state index in [1.807, 2.05) is 38.1 Å². The van der Waals surface area contributed by atoms with Crippen LogP contribution in [0.25, 0.3) is 11.3 Å². The topological polar surface area (TPSA) is 45.2 Å². The number of rotatable bonds is 3. The van der Waals surface area contributed by atoms with Crippen molar-refractivity contribution in [3.05, 3.63) is 40.2 Å². The summed E-state index contributed by atoms with van der Waals surface area (Å²) in [7, 11) is 0. The van der Waals surface area contributed by atoms with E-state index >= 15 is 0 Å². The Balaban J connectivity index is 1.76. The van der Waals surface area contributed by atoms with Gasteiger partial charge in [0.25, 0.3) is 5.91 Å². The second-order valence-corrected chi connectivity index (χ2v) is 6.49. The molecule has 4 nitrogen and oxygen atoms in total. The summed E-state index contributed by atoms with van der Waals surface area (Å²) in [5.74, 6) is 0.0270. The van der Waals surface area contributed by atoms with E-state index in [4.69, 9.17) is 12.2 Å². The summed E-state index contributed by atoms with van der Waals surface area (Å²) in [5, 5.41) is 6.59. The van der Waals surface area contributed by atoms with Crippen LogP contribution < -0.4 is 5.32 Å². The minimum atomic E-state index is -0.227. The Morgan fingerprint density at radius 1 is 1.38 bits per heavy atom. The van der Waals surface area contributed by atoms with Gasteiger partial charge in [-0.1, -0.05) is 24.3 Å². The smallest absolute Gasteiger partial charge is 0.251 e. The molecule has 0 spiro atoms. The highest BCUT2D eigenvalue weighted by Crippen LogP contribution is 2.22. The number of hydrogen-bond donors (Lipinski definition) is 1. The quantitative estimate of drug-likeness (QED) is 0.884. The van der Waals surface area contributed by atoms with Gasteiger partial charge in [-0.25, -0.2) is 4.98 Å². The fraction of sp³-hybridized carbons (Fsp3) is 0.267. The van der Waals surface area contributed by atoms with Gasteiger partial charge in [-0.05, 0) is 31.6 Å². The Bertz CT molecular complexity index is 693. The van der Waals surface area contributed by atoms with Crippen molar-refractivity contribution in [3.8, 4) is 11.3 Å². The van der Waals surface area contributed by atoms with Crippen LogP contribution in [0.2, 0.25) is 0 Å². The van der Waals surface area contributed by atoms with Crippen LogP contribution in [0.5, 0.6) is 0 Å². The van der Waals surface area contributed by atoms with Crippen molar-refractivity contribution >= 4 is 34.6 Å². The Morgan fingerprint density at radius 3 is 2.62 bits per heavy atom. The van der Waals surface area contributed by atoms with Gasteiger partial charge in [-0.15, -0.1) is 11.3 Å². The van der Waals surface area contributed by atoms with E-state index < -0.39 is 0 Å². The Morgan fingerprint density at radius 2 is 2.10 bits per heavy atom. The summed E-state index contributed by atoms with van der Waals surface area (Å²) >= 11 is 6.83.